The van der Waals surface area contributed by atoms with Gasteiger partial charge < -0.3 is 9.64 Å². The number of pyridine rings is 1. The number of ether oxygens (including phenoxy) is 1. The van der Waals surface area contributed by atoms with Crippen molar-refractivity contribution >= 4 is 5.82 Å². The maximum atomic E-state index is 9.03. The lowest BCUT2D eigenvalue weighted by Gasteiger charge is -2.28. The van der Waals surface area contributed by atoms with E-state index in [-0.39, 0.29) is 0 Å². The van der Waals surface area contributed by atoms with E-state index < -0.39 is 0 Å². The number of nitrogens with zero attached hydrogens (tertiary/aromatic N) is 3. The van der Waals surface area contributed by atoms with Gasteiger partial charge in [-0.25, -0.2) is 4.98 Å². The van der Waals surface area contributed by atoms with Crippen LogP contribution >= 0.6 is 0 Å². The van der Waals surface area contributed by atoms with E-state index in [9.17, 15) is 0 Å². The van der Waals surface area contributed by atoms with Crippen LogP contribution in [-0.2, 0) is 4.74 Å². The van der Waals surface area contributed by atoms with Crippen molar-refractivity contribution in [3.8, 4) is 6.07 Å². The van der Waals surface area contributed by atoms with E-state index in [0.717, 1.165) is 24.5 Å². The van der Waals surface area contributed by atoms with Gasteiger partial charge in [0, 0.05) is 19.3 Å². The largest absolute Gasteiger partial charge is 0.378 e. The molecule has 4 nitrogen and oxygen atoms in total. The van der Waals surface area contributed by atoms with Gasteiger partial charge in [0.15, 0.2) is 0 Å². The third-order valence-corrected chi connectivity index (χ3v) is 2.43. The van der Waals surface area contributed by atoms with Crippen molar-refractivity contribution in [3.63, 3.8) is 0 Å². The number of aromatic nitrogens is 1. The Balaban J connectivity index is 2.30. The lowest BCUT2D eigenvalue weighted by Crippen LogP contribution is -2.37. The molecule has 78 valence electrons. The van der Waals surface area contributed by atoms with Crippen molar-refractivity contribution in [2.45, 2.75) is 6.92 Å². The zero-order valence-corrected chi connectivity index (χ0v) is 8.73. The highest BCUT2D eigenvalue weighted by molar-refractivity contribution is 5.54. The normalized spacial score (nSPS) is 16.1. The van der Waals surface area contributed by atoms with E-state index >= 15 is 0 Å². The van der Waals surface area contributed by atoms with Crippen LogP contribution in [0.3, 0.4) is 0 Å². The van der Waals surface area contributed by atoms with Crippen molar-refractivity contribution in [1.82, 2.24) is 4.98 Å². The minimum atomic E-state index is 0.650. The molecule has 2 rings (SSSR count). The van der Waals surface area contributed by atoms with Gasteiger partial charge in [-0.2, -0.15) is 5.26 Å². The summed E-state index contributed by atoms with van der Waals surface area (Å²) in [6.07, 6.45) is 1.80. The summed E-state index contributed by atoms with van der Waals surface area (Å²) < 4.78 is 5.27. The average molecular weight is 203 g/mol. The Morgan fingerprint density at radius 2 is 2.20 bits per heavy atom. The molecule has 2 heterocycles. The summed E-state index contributed by atoms with van der Waals surface area (Å²) >= 11 is 0. The van der Waals surface area contributed by atoms with Crippen LogP contribution in [0.4, 0.5) is 5.82 Å². The van der Waals surface area contributed by atoms with Crippen LogP contribution in [0, 0.1) is 18.3 Å². The summed E-state index contributed by atoms with van der Waals surface area (Å²) in [7, 11) is 0. The smallest absolute Gasteiger partial charge is 0.146 e. The molecule has 1 saturated heterocycles. The Morgan fingerprint density at radius 1 is 1.47 bits per heavy atom. The van der Waals surface area contributed by atoms with E-state index in [1.165, 1.54) is 0 Å². The van der Waals surface area contributed by atoms with Crippen LogP contribution < -0.4 is 4.90 Å². The first-order valence-electron chi connectivity index (χ1n) is 5.00. The zero-order valence-electron chi connectivity index (χ0n) is 8.73. The Bertz CT molecular complexity index is 391. The number of aryl methyl sites for hydroxylation is 1. The van der Waals surface area contributed by atoms with E-state index in [0.29, 0.717) is 18.8 Å². The van der Waals surface area contributed by atoms with E-state index in [2.05, 4.69) is 16.0 Å². The van der Waals surface area contributed by atoms with Crippen LogP contribution in [0.5, 0.6) is 0 Å². The predicted molar refractivity (Wildman–Crippen MR) is 56.7 cm³/mol. The highest BCUT2D eigenvalue weighted by atomic mass is 16.5. The Kier molecular flexibility index (Phi) is 2.84. The van der Waals surface area contributed by atoms with Gasteiger partial charge in [0.1, 0.15) is 11.9 Å². The SMILES string of the molecule is Cc1cnc(N2CCOCC2)c(C#N)c1. The van der Waals surface area contributed by atoms with Crippen LogP contribution in [0.2, 0.25) is 0 Å². The second kappa shape index (κ2) is 4.28. The molecule has 1 aliphatic heterocycles. The quantitative estimate of drug-likeness (QED) is 0.685. The first-order valence-corrected chi connectivity index (χ1v) is 5.00. The number of morpholine rings is 1. The molecule has 1 aromatic heterocycles. The summed E-state index contributed by atoms with van der Waals surface area (Å²) in [6.45, 7) is 4.98. The molecule has 1 aliphatic rings. The lowest BCUT2D eigenvalue weighted by atomic mass is 10.2. The predicted octanol–water partition coefficient (Wildman–Crippen LogP) is 1.10. The third kappa shape index (κ3) is 2.08. The molecule has 0 bridgehead atoms. The lowest BCUT2D eigenvalue weighted by molar-refractivity contribution is 0.122. The second-order valence-electron chi connectivity index (χ2n) is 3.60. The highest BCUT2D eigenvalue weighted by Gasteiger charge is 2.15. The van der Waals surface area contributed by atoms with Gasteiger partial charge in [-0.3, -0.25) is 0 Å². The summed E-state index contributed by atoms with van der Waals surface area (Å²) in [4.78, 5) is 6.42. The molecule has 0 amide bonds. The molecule has 0 spiro atoms. The van der Waals surface area contributed by atoms with Crippen LogP contribution in [-0.4, -0.2) is 31.3 Å². The fourth-order valence-electron chi connectivity index (χ4n) is 1.67. The number of rotatable bonds is 1. The van der Waals surface area contributed by atoms with Gasteiger partial charge in [-0.15, -0.1) is 0 Å². The monoisotopic (exact) mass is 203 g/mol. The minimum Gasteiger partial charge on any atom is -0.378 e. The summed E-state index contributed by atoms with van der Waals surface area (Å²) in [6, 6.07) is 4.06. The standard InChI is InChI=1S/C11H13N3O/c1-9-6-10(7-12)11(13-8-9)14-2-4-15-5-3-14/h6,8H,2-5H2,1H3. The van der Waals surface area contributed by atoms with Crippen molar-refractivity contribution in [1.29, 1.82) is 5.26 Å². The molecule has 0 N–H and O–H groups in total. The summed E-state index contributed by atoms with van der Waals surface area (Å²) in [5.74, 6) is 0.784. The number of hydrogen-bond donors (Lipinski definition) is 0. The van der Waals surface area contributed by atoms with Crippen molar-refractivity contribution in [2.75, 3.05) is 31.2 Å². The third-order valence-electron chi connectivity index (χ3n) is 2.43. The maximum absolute atomic E-state index is 9.03. The number of anilines is 1. The van der Waals surface area contributed by atoms with Gasteiger partial charge in [0.25, 0.3) is 0 Å². The first kappa shape index (κ1) is 9.94. The van der Waals surface area contributed by atoms with Crippen molar-refractivity contribution in [2.24, 2.45) is 0 Å². The Hall–Kier alpha value is -1.60. The molecule has 15 heavy (non-hydrogen) atoms. The van der Waals surface area contributed by atoms with Crippen LogP contribution in [0.1, 0.15) is 11.1 Å². The Labute approximate surface area is 89.1 Å². The average Bonchev–Trinajstić information content (AvgIpc) is 2.30. The fourth-order valence-corrected chi connectivity index (χ4v) is 1.67. The fraction of sp³-hybridized carbons (Fsp3) is 0.455. The maximum Gasteiger partial charge on any atom is 0.146 e. The van der Waals surface area contributed by atoms with Gasteiger partial charge in [-0.05, 0) is 18.6 Å². The van der Waals surface area contributed by atoms with E-state index in [4.69, 9.17) is 10.00 Å². The minimum absolute atomic E-state index is 0.650. The van der Waals surface area contributed by atoms with Gasteiger partial charge in [0.2, 0.25) is 0 Å². The van der Waals surface area contributed by atoms with Gasteiger partial charge >= 0.3 is 0 Å². The number of nitriles is 1. The molecule has 0 aliphatic carbocycles. The molecule has 0 aromatic carbocycles. The molecule has 1 fully saturated rings. The molecule has 0 radical (unpaired) electrons. The van der Waals surface area contributed by atoms with E-state index in [1.54, 1.807) is 6.20 Å². The summed E-state index contributed by atoms with van der Waals surface area (Å²) in [5.41, 5.74) is 1.67. The van der Waals surface area contributed by atoms with E-state index in [1.807, 2.05) is 13.0 Å². The molecular formula is C11H13N3O. The summed E-state index contributed by atoms with van der Waals surface area (Å²) in [5, 5.41) is 9.03. The van der Waals surface area contributed by atoms with Crippen molar-refractivity contribution in [3.05, 3.63) is 23.4 Å². The van der Waals surface area contributed by atoms with Crippen LogP contribution in [0.25, 0.3) is 0 Å². The van der Waals surface area contributed by atoms with Gasteiger partial charge in [0.05, 0.1) is 18.8 Å². The molecular weight excluding hydrogens is 190 g/mol. The van der Waals surface area contributed by atoms with Crippen LogP contribution in [0.15, 0.2) is 12.3 Å². The number of hydrogen-bond acceptors (Lipinski definition) is 4. The molecule has 0 saturated carbocycles. The molecule has 4 heteroatoms. The highest BCUT2D eigenvalue weighted by Crippen LogP contribution is 2.18. The van der Waals surface area contributed by atoms with Gasteiger partial charge in [-0.1, -0.05) is 0 Å². The van der Waals surface area contributed by atoms with Crippen molar-refractivity contribution < 1.29 is 4.74 Å². The molecule has 1 aromatic rings. The molecule has 0 atom stereocenters. The zero-order chi connectivity index (χ0) is 10.7. The first-order chi connectivity index (χ1) is 7.31. The Morgan fingerprint density at radius 3 is 2.87 bits per heavy atom. The topological polar surface area (TPSA) is 49.2 Å². The molecule has 0 unspecified atom stereocenters. The second-order valence-corrected chi connectivity index (χ2v) is 3.60.